The third-order valence-corrected chi connectivity index (χ3v) is 4.80. The number of nitrogens with two attached hydrogens (primary N) is 1. The fourth-order valence-corrected chi connectivity index (χ4v) is 3.50. The van der Waals surface area contributed by atoms with Crippen molar-refractivity contribution in [1.82, 2.24) is 0 Å². The van der Waals surface area contributed by atoms with Gasteiger partial charge in [-0.1, -0.05) is 29.8 Å². The van der Waals surface area contributed by atoms with Crippen LogP contribution in [-0.2, 0) is 16.4 Å². The van der Waals surface area contributed by atoms with Gasteiger partial charge in [0.25, 0.3) is 10.0 Å². The minimum absolute atomic E-state index is 0.305. The summed E-state index contributed by atoms with van der Waals surface area (Å²) in [4.78, 5) is 0.305. The van der Waals surface area contributed by atoms with Gasteiger partial charge in [-0.15, -0.1) is 0 Å². The van der Waals surface area contributed by atoms with Crippen LogP contribution in [0.25, 0.3) is 0 Å². The molecule has 0 saturated heterocycles. The molecule has 3 N–H and O–H groups in total. The van der Waals surface area contributed by atoms with E-state index in [1.807, 2.05) is 25.1 Å². The zero-order valence-electron chi connectivity index (χ0n) is 12.3. The molecule has 2 aromatic rings. The van der Waals surface area contributed by atoms with Crippen LogP contribution in [0.15, 0.2) is 47.4 Å². The molecule has 0 heterocycles. The molecule has 0 atom stereocenters. The van der Waals surface area contributed by atoms with E-state index in [1.165, 1.54) is 0 Å². The first-order valence-corrected chi connectivity index (χ1v) is 8.30. The van der Waals surface area contributed by atoms with Crippen molar-refractivity contribution in [2.75, 3.05) is 11.3 Å². The van der Waals surface area contributed by atoms with E-state index in [0.717, 1.165) is 23.1 Å². The first-order chi connectivity index (χ1) is 9.92. The molecule has 0 aromatic heterocycles. The molecule has 0 spiro atoms. The average molecular weight is 304 g/mol. The van der Waals surface area contributed by atoms with E-state index in [0.29, 0.717) is 17.1 Å². The molecule has 0 aliphatic rings. The van der Waals surface area contributed by atoms with Crippen molar-refractivity contribution in [1.29, 1.82) is 0 Å². The molecule has 0 saturated carbocycles. The van der Waals surface area contributed by atoms with Crippen molar-refractivity contribution in [3.8, 4) is 0 Å². The van der Waals surface area contributed by atoms with Gasteiger partial charge in [-0.2, -0.15) is 0 Å². The summed E-state index contributed by atoms with van der Waals surface area (Å²) in [7, 11) is -3.56. The molecule has 21 heavy (non-hydrogen) atoms. The van der Waals surface area contributed by atoms with Gasteiger partial charge < -0.3 is 5.73 Å². The number of anilines is 1. The zero-order chi connectivity index (χ0) is 15.5. The van der Waals surface area contributed by atoms with E-state index in [4.69, 9.17) is 5.73 Å². The van der Waals surface area contributed by atoms with E-state index < -0.39 is 10.0 Å². The lowest BCUT2D eigenvalue weighted by Crippen LogP contribution is -2.14. The van der Waals surface area contributed by atoms with E-state index >= 15 is 0 Å². The maximum Gasteiger partial charge on any atom is 0.262 e. The highest BCUT2D eigenvalue weighted by molar-refractivity contribution is 7.92. The van der Waals surface area contributed by atoms with E-state index in [9.17, 15) is 8.42 Å². The van der Waals surface area contributed by atoms with Gasteiger partial charge in [0.2, 0.25) is 0 Å². The minimum atomic E-state index is -3.56. The number of benzene rings is 2. The van der Waals surface area contributed by atoms with Crippen LogP contribution in [0, 0.1) is 13.8 Å². The summed E-state index contributed by atoms with van der Waals surface area (Å²) >= 11 is 0. The van der Waals surface area contributed by atoms with Gasteiger partial charge in [-0.25, -0.2) is 8.42 Å². The second-order valence-electron chi connectivity index (χ2n) is 5.11. The van der Waals surface area contributed by atoms with Crippen LogP contribution in [0.1, 0.15) is 16.7 Å². The molecule has 2 rings (SSSR count). The fourth-order valence-electron chi connectivity index (χ4n) is 2.22. The predicted molar refractivity (Wildman–Crippen MR) is 85.9 cm³/mol. The number of sulfonamides is 1. The highest BCUT2D eigenvalue weighted by Crippen LogP contribution is 2.20. The van der Waals surface area contributed by atoms with Crippen molar-refractivity contribution in [2.45, 2.75) is 25.2 Å². The smallest absolute Gasteiger partial charge is 0.262 e. The van der Waals surface area contributed by atoms with Crippen LogP contribution in [0.4, 0.5) is 5.69 Å². The summed E-state index contributed by atoms with van der Waals surface area (Å²) < 4.78 is 27.4. The Labute approximate surface area is 126 Å². The molecule has 2 aromatic carbocycles. The molecule has 0 bridgehead atoms. The molecule has 0 unspecified atom stereocenters. The Balaban J connectivity index is 2.24. The predicted octanol–water partition coefficient (Wildman–Crippen LogP) is 2.61. The standard InChI is InChI=1S/C16H20N2O2S/c1-12-3-8-16(13(2)11-12)21(19,20)18-15-6-4-14(5-7-15)9-10-17/h3-8,11,18H,9-10,17H2,1-2H3. The van der Waals surface area contributed by atoms with Crippen LogP contribution < -0.4 is 10.5 Å². The van der Waals surface area contributed by atoms with Crippen molar-refractivity contribution in [3.05, 3.63) is 59.2 Å². The molecule has 0 amide bonds. The number of aryl methyl sites for hydroxylation is 2. The Kier molecular flexibility index (Phi) is 4.65. The monoisotopic (exact) mass is 304 g/mol. The van der Waals surface area contributed by atoms with Crippen LogP contribution >= 0.6 is 0 Å². The minimum Gasteiger partial charge on any atom is -0.330 e. The van der Waals surface area contributed by atoms with Crippen LogP contribution in [0.2, 0.25) is 0 Å². The van der Waals surface area contributed by atoms with E-state index in [2.05, 4.69) is 4.72 Å². The maximum atomic E-state index is 12.4. The third-order valence-electron chi connectivity index (χ3n) is 3.26. The largest absolute Gasteiger partial charge is 0.330 e. The average Bonchev–Trinajstić information content (AvgIpc) is 2.40. The number of hydrogen-bond acceptors (Lipinski definition) is 3. The Morgan fingerprint density at radius 1 is 1.05 bits per heavy atom. The molecule has 5 heteroatoms. The Bertz CT molecular complexity index is 722. The van der Waals surface area contributed by atoms with Crippen molar-refractivity contribution in [3.63, 3.8) is 0 Å². The topological polar surface area (TPSA) is 72.2 Å². The molecule has 112 valence electrons. The molecule has 4 nitrogen and oxygen atoms in total. The summed E-state index contributed by atoms with van der Waals surface area (Å²) in [6.07, 6.45) is 0.782. The van der Waals surface area contributed by atoms with E-state index in [-0.39, 0.29) is 0 Å². The Morgan fingerprint density at radius 3 is 2.29 bits per heavy atom. The Hall–Kier alpha value is -1.85. The van der Waals surface area contributed by atoms with Crippen LogP contribution in [0.3, 0.4) is 0 Å². The fraction of sp³-hybridized carbons (Fsp3) is 0.250. The van der Waals surface area contributed by atoms with Crippen LogP contribution in [0.5, 0.6) is 0 Å². The van der Waals surface area contributed by atoms with Gasteiger partial charge in [0, 0.05) is 5.69 Å². The SMILES string of the molecule is Cc1ccc(S(=O)(=O)Nc2ccc(CCN)cc2)c(C)c1. The molecule has 0 fully saturated rings. The lowest BCUT2D eigenvalue weighted by atomic mass is 10.1. The summed E-state index contributed by atoms with van der Waals surface area (Å²) in [5.74, 6) is 0. The van der Waals surface area contributed by atoms with Gasteiger partial charge in [0.05, 0.1) is 4.90 Å². The van der Waals surface area contributed by atoms with Crippen molar-refractivity contribution in [2.24, 2.45) is 5.73 Å². The molecular formula is C16H20N2O2S. The van der Waals surface area contributed by atoms with E-state index in [1.54, 1.807) is 31.2 Å². The lowest BCUT2D eigenvalue weighted by molar-refractivity contribution is 0.600. The number of rotatable bonds is 5. The van der Waals surface area contributed by atoms with Crippen molar-refractivity contribution >= 4 is 15.7 Å². The third kappa shape index (κ3) is 3.83. The molecule has 0 aliphatic carbocycles. The highest BCUT2D eigenvalue weighted by atomic mass is 32.2. The van der Waals surface area contributed by atoms with Crippen LogP contribution in [-0.4, -0.2) is 15.0 Å². The lowest BCUT2D eigenvalue weighted by Gasteiger charge is -2.11. The van der Waals surface area contributed by atoms with Gasteiger partial charge >= 0.3 is 0 Å². The molecule has 0 aliphatic heterocycles. The number of hydrogen-bond donors (Lipinski definition) is 2. The van der Waals surface area contributed by atoms with Crippen molar-refractivity contribution < 1.29 is 8.42 Å². The first-order valence-electron chi connectivity index (χ1n) is 6.81. The van der Waals surface area contributed by atoms with Gasteiger partial charge in [0.15, 0.2) is 0 Å². The van der Waals surface area contributed by atoms with Gasteiger partial charge in [-0.3, -0.25) is 4.72 Å². The summed E-state index contributed by atoms with van der Waals surface area (Å²) in [6, 6.07) is 12.6. The normalized spacial score (nSPS) is 11.4. The zero-order valence-corrected chi connectivity index (χ0v) is 13.1. The second-order valence-corrected chi connectivity index (χ2v) is 6.76. The number of nitrogens with one attached hydrogen (secondary N) is 1. The second kappa shape index (κ2) is 6.28. The summed E-state index contributed by atoms with van der Waals surface area (Å²) in [6.45, 7) is 4.31. The van der Waals surface area contributed by atoms with Gasteiger partial charge in [0.1, 0.15) is 0 Å². The Morgan fingerprint density at radius 2 is 1.71 bits per heavy atom. The molecular weight excluding hydrogens is 284 g/mol. The summed E-state index contributed by atoms with van der Waals surface area (Å²) in [5, 5.41) is 0. The first kappa shape index (κ1) is 15.5. The summed E-state index contributed by atoms with van der Waals surface area (Å²) in [5.41, 5.74) is 8.91. The van der Waals surface area contributed by atoms with Gasteiger partial charge in [-0.05, 0) is 56.1 Å². The molecule has 0 radical (unpaired) electrons. The quantitative estimate of drug-likeness (QED) is 0.892. The maximum absolute atomic E-state index is 12.4. The highest BCUT2D eigenvalue weighted by Gasteiger charge is 2.16.